The smallest absolute Gasteiger partial charge is 0.0269 e. The van der Waals surface area contributed by atoms with Crippen molar-refractivity contribution in [1.29, 1.82) is 0 Å². The molecule has 0 saturated heterocycles. The molecule has 1 unspecified atom stereocenters. The van der Waals surface area contributed by atoms with Crippen LogP contribution in [0.3, 0.4) is 0 Å². The summed E-state index contributed by atoms with van der Waals surface area (Å²) < 4.78 is 0. The van der Waals surface area contributed by atoms with Crippen LogP contribution in [0.5, 0.6) is 0 Å². The molecular formula is C15H31. The number of hydrogen-bond acceptors (Lipinski definition) is 0. The van der Waals surface area contributed by atoms with Gasteiger partial charge < -0.3 is 0 Å². The largest absolute Gasteiger partial charge is 0.0654 e. The molecule has 0 aromatic heterocycles. The van der Waals surface area contributed by atoms with Crippen molar-refractivity contribution in [1.82, 2.24) is 0 Å². The summed E-state index contributed by atoms with van der Waals surface area (Å²) in [5.74, 6) is 1.63. The van der Waals surface area contributed by atoms with Gasteiger partial charge in [-0.25, -0.2) is 0 Å². The Morgan fingerprint density at radius 1 is 1.13 bits per heavy atom. The van der Waals surface area contributed by atoms with Gasteiger partial charge in [0, 0.05) is 0 Å². The predicted molar refractivity (Wildman–Crippen MR) is 70.8 cm³/mol. The fourth-order valence-electron chi connectivity index (χ4n) is 2.80. The monoisotopic (exact) mass is 211 g/mol. The molecule has 0 aliphatic carbocycles. The van der Waals surface area contributed by atoms with Crippen molar-refractivity contribution in [3.05, 3.63) is 6.42 Å². The summed E-state index contributed by atoms with van der Waals surface area (Å²) in [6.07, 6.45) is 9.18. The van der Waals surface area contributed by atoms with Crippen molar-refractivity contribution in [2.24, 2.45) is 17.3 Å². The van der Waals surface area contributed by atoms with Crippen LogP contribution in [0.25, 0.3) is 0 Å². The zero-order valence-electron chi connectivity index (χ0n) is 11.8. The van der Waals surface area contributed by atoms with Crippen LogP contribution in [-0.4, -0.2) is 0 Å². The van der Waals surface area contributed by atoms with Crippen LogP contribution >= 0.6 is 0 Å². The first-order valence-electron chi connectivity index (χ1n) is 6.76. The second-order valence-corrected chi connectivity index (χ2v) is 5.83. The van der Waals surface area contributed by atoms with Gasteiger partial charge in [0.15, 0.2) is 0 Å². The van der Waals surface area contributed by atoms with E-state index < -0.39 is 0 Å². The summed E-state index contributed by atoms with van der Waals surface area (Å²) in [5, 5.41) is 0. The van der Waals surface area contributed by atoms with Crippen molar-refractivity contribution in [2.75, 3.05) is 0 Å². The lowest BCUT2D eigenvalue weighted by Crippen LogP contribution is -2.29. The minimum absolute atomic E-state index is 0.568. The minimum atomic E-state index is 0.568. The van der Waals surface area contributed by atoms with Crippen LogP contribution in [-0.2, 0) is 0 Å². The van der Waals surface area contributed by atoms with E-state index in [1.165, 1.54) is 32.1 Å². The van der Waals surface area contributed by atoms with E-state index in [0.29, 0.717) is 5.41 Å². The van der Waals surface area contributed by atoms with Crippen LogP contribution in [0.15, 0.2) is 0 Å². The molecule has 1 atom stereocenters. The van der Waals surface area contributed by atoms with Crippen LogP contribution in [0.2, 0.25) is 0 Å². The summed E-state index contributed by atoms with van der Waals surface area (Å²) in [6.45, 7) is 14.0. The normalized spacial score (nSPS) is 16.0. The lowest BCUT2D eigenvalue weighted by atomic mass is 9.66. The number of rotatable bonds is 8. The van der Waals surface area contributed by atoms with E-state index in [4.69, 9.17) is 0 Å². The van der Waals surface area contributed by atoms with E-state index >= 15 is 0 Å². The maximum absolute atomic E-state index is 2.40. The molecule has 0 heteroatoms. The third-order valence-electron chi connectivity index (χ3n) is 3.68. The molecule has 0 spiro atoms. The SMILES string of the molecule is C[CH]CC(CCCC)(CC(C)C)C(C)C. The Labute approximate surface area is 97.8 Å². The van der Waals surface area contributed by atoms with E-state index in [2.05, 4.69) is 48.0 Å². The van der Waals surface area contributed by atoms with E-state index in [1.807, 2.05) is 0 Å². The molecular weight excluding hydrogens is 180 g/mol. The second kappa shape index (κ2) is 7.30. The molecule has 0 aliphatic heterocycles. The highest BCUT2D eigenvalue weighted by Crippen LogP contribution is 2.43. The molecule has 0 fully saturated rings. The van der Waals surface area contributed by atoms with E-state index in [-0.39, 0.29) is 0 Å². The van der Waals surface area contributed by atoms with Gasteiger partial charge in [0.05, 0.1) is 0 Å². The summed E-state index contributed by atoms with van der Waals surface area (Å²) in [7, 11) is 0. The highest BCUT2D eigenvalue weighted by atomic mass is 14.4. The van der Waals surface area contributed by atoms with Gasteiger partial charge in [0.25, 0.3) is 0 Å². The first-order valence-corrected chi connectivity index (χ1v) is 6.76. The van der Waals surface area contributed by atoms with Gasteiger partial charge in [0.1, 0.15) is 0 Å². The van der Waals surface area contributed by atoms with Crippen LogP contribution in [0.4, 0.5) is 0 Å². The van der Waals surface area contributed by atoms with Gasteiger partial charge in [-0.15, -0.1) is 0 Å². The Bertz CT molecular complexity index is 146. The lowest BCUT2D eigenvalue weighted by molar-refractivity contribution is 0.125. The molecule has 0 amide bonds. The second-order valence-electron chi connectivity index (χ2n) is 5.83. The zero-order chi connectivity index (χ0) is 11.9. The van der Waals surface area contributed by atoms with Crippen molar-refractivity contribution in [3.8, 4) is 0 Å². The standard InChI is InChI=1S/C15H31/c1-7-9-11-15(10-8-2,14(5)6)12-13(3)4/h8,13-14H,7,9-12H2,1-6H3. The van der Waals surface area contributed by atoms with Crippen LogP contribution in [0.1, 0.15) is 73.6 Å². The van der Waals surface area contributed by atoms with Crippen molar-refractivity contribution < 1.29 is 0 Å². The third kappa shape index (κ3) is 5.04. The van der Waals surface area contributed by atoms with Crippen LogP contribution in [0, 0.1) is 23.7 Å². The maximum Gasteiger partial charge on any atom is -0.0269 e. The van der Waals surface area contributed by atoms with Gasteiger partial charge in [-0.2, -0.15) is 0 Å². The summed E-state index contributed by atoms with van der Waals surface area (Å²) >= 11 is 0. The molecule has 0 N–H and O–H groups in total. The van der Waals surface area contributed by atoms with Gasteiger partial charge in [-0.3, -0.25) is 0 Å². The number of hydrogen-bond donors (Lipinski definition) is 0. The average Bonchev–Trinajstić information content (AvgIpc) is 2.13. The zero-order valence-corrected chi connectivity index (χ0v) is 11.8. The van der Waals surface area contributed by atoms with Gasteiger partial charge in [0.2, 0.25) is 0 Å². The Morgan fingerprint density at radius 2 is 1.73 bits per heavy atom. The highest BCUT2D eigenvalue weighted by molar-refractivity contribution is 4.87. The third-order valence-corrected chi connectivity index (χ3v) is 3.68. The summed E-state index contributed by atoms with van der Waals surface area (Å²) in [6, 6.07) is 0. The summed E-state index contributed by atoms with van der Waals surface area (Å²) in [4.78, 5) is 0. The molecule has 1 radical (unpaired) electrons. The quantitative estimate of drug-likeness (QED) is 0.499. The minimum Gasteiger partial charge on any atom is -0.0654 e. The predicted octanol–water partition coefficient (Wildman–Crippen LogP) is 5.48. The Kier molecular flexibility index (Phi) is 7.30. The topological polar surface area (TPSA) is 0 Å². The summed E-state index contributed by atoms with van der Waals surface area (Å²) in [5.41, 5.74) is 0.568. The molecule has 0 aromatic carbocycles. The van der Waals surface area contributed by atoms with E-state index in [0.717, 1.165) is 11.8 Å². The molecule has 0 aliphatic rings. The molecule has 0 saturated carbocycles. The first kappa shape index (κ1) is 15.0. The Morgan fingerprint density at radius 3 is 2.07 bits per heavy atom. The molecule has 0 bridgehead atoms. The lowest BCUT2D eigenvalue weighted by Gasteiger charge is -2.39. The molecule has 0 rings (SSSR count). The molecule has 15 heavy (non-hydrogen) atoms. The van der Waals surface area contributed by atoms with Crippen molar-refractivity contribution in [3.63, 3.8) is 0 Å². The highest BCUT2D eigenvalue weighted by Gasteiger charge is 2.32. The first-order chi connectivity index (χ1) is 6.98. The van der Waals surface area contributed by atoms with Gasteiger partial charge >= 0.3 is 0 Å². The van der Waals surface area contributed by atoms with Gasteiger partial charge in [-0.1, -0.05) is 54.4 Å². The van der Waals surface area contributed by atoms with Gasteiger partial charge in [-0.05, 0) is 42.9 Å². The molecule has 0 heterocycles. The van der Waals surface area contributed by atoms with Crippen molar-refractivity contribution >= 4 is 0 Å². The fourth-order valence-corrected chi connectivity index (χ4v) is 2.80. The average molecular weight is 211 g/mol. The maximum atomic E-state index is 2.40. The molecule has 0 nitrogen and oxygen atoms in total. The van der Waals surface area contributed by atoms with E-state index in [1.54, 1.807) is 0 Å². The fraction of sp³-hybridized carbons (Fsp3) is 0.933. The molecule has 0 aromatic rings. The van der Waals surface area contributed by atoms with E-state index in [9.17, 15) is 0 Å². The Balaban J connectivity index is 4.56. The molecule has 91 valence electrons. The van der Waals surface area contributed by atoms with Crippen LogP contribution < -0.4 is 0 Å². The van der Waals surface area contributed by atoms with Crippen molar-refractivity contribution in [2.45, 2.75) is 73.6 Å². The Hall–Kier alpha value is 0. The number of unbranched alkanes of at least 4 members (excludes halogenated alkanes) is 1.